The zero-order valence-corrected chi connectivity index (χ0v) is 17.9. The maximum Gasteiger partial charge on any atom is 0.222 e. The van der Waals surface area contributed by atoms with E-state index < -0.39 is 0 Å². The number of nitrogen functional groups attached to an aromatic ring is 1. The minimum atomic E-state index is -0.0434. The summed E-state index contributed by atoms with van der Waals surface area (Å²) in [6, 6.07) is 5.66. The second kappa shape index (κ2) is 9.32. The number of aliphatic hydroxyl groups is 1. The first kappa shape index (κ1) is 21.1. The van der Waals surface area contributed by atoms with Crippen LogP contribution in [-0.2, 0) is 17.9 Å². The maximum absolute atomic E-state index is 9.44. The van der Waals surface area contributed by atoms with Crippen LogP contribution < -0.4 is 15.8 Å². The smallest absolute Gasteiger partial charge is 0.222 e. The molecular weight excluding hydrogens is 396 g/mol. The molecule has 0 bridgehead atoms. The third-order valence-corrected chi connectivity index (χ3v) is 5.29. The van der Waals surface area contributed by atoms with Gasteiger partial charge in [-0.05, 0) is 18.1 Å². The summed E-state index contributed by atoms with van der Waals surface area (Å²) in [6.45, 7) is 4.38. The second-order valence-electron chi connectivity index (χ2n) is 7.46. The fourth-order valence-corrected chi connectivity index (χ4v) is 3.67. The number of ether oxygens (including phenoxy) is 2. The molecule has 0 saturated heterocycles. The predicted octanol–water partition coefficient (Wildman–Crippen LogP) is 2.58. The van der Waals surface area contributed by atoms with Gasteiger partial charge in [-0.15, -0.1) is 0 Å². The first-order chi connectivity index (χ1) is 15.1. The normalized spacial score (nSPS) is 13.6. The van der Waals surface area contributed by atoms with E-state index in [1.165, 1.54) is 0 Å². The van der Waals surface area contributed by atoms with E-state index in [2.05, 4.69) is 22.2 Å². The lowest BCUT2D eigenvalue weighted by Gasteiger charge is -2.12. The van der Waals surface area contributed by atoms with Gasteiger partial charge in [0.05, 0.1) is 33.5 Å². The van der Waals surface area contributed by atoms with E-state index in [0.717, 1.165) is 47.3 Å². The molecule has 0 radical (unpaired) electrons. The number of nitrogens with zero attached hydrogens (tertiary/aromatic N) is 4. The van der Waals surface area contributed by atoms with E-state index in [4.69, 9.17) is 20.3 Å². The van der Waals surface area contributed by atoms with Crippen LogP contribution >= 0.6 is 0 Å². The Morgan fingerprint density at radius 1 is 1.32 bits per heavy atom. The van der Waals surface area contributed by atoms with Gasteiger partial charge in [-0.25, -0.2) is 4.98 Å². The van der Waals surface area contributed by atoms with Crippen molar-refractivity contribution >= 4 is 28.4 Å². The molecule has 0 fully saturated rings. The summed E-state index contributed by atoms with van der Waals surface area (Å²) >= 11 is 0. The average Bonchev–Trinajstić information content (AvgIpc) is 3.42. The highest BCUT2D eigenvalue weighted by Gasteiger charge is 2.23. The Morgan fingerprint density at radius 2 is 2.19 bits per heavy atom. The molecule has 1 aliphatic heterocycles. The molecular formula is C22H28N6O3. The molecule has 1 aliphatic rings. The molecule has 1 aromatic carbocycles. The second-order valence-corrected chi connectivity index (χ2v) is 7.46. The minimum Gasteiger partial charge on any atom is -0.496 e. The third-order valence-electron chi connectivity index (χ3n) is 5.29. The third kappa shape index (κ3) is 4.33. The predicted molar refractivity (Wildman–Crippen MR) is 120 cm³/mol. The summed E-state index contributed by atoms with van der Waals surface area (Å²) in [7, 11) is 1.62. The van der Waals surface area contributed by atoms with Crippen molar-refractivity contribution in [1.29, 1.82) is 0 Å². The highest BCUT2D eigenvalue weighted by atomic mass is 16.5. The van der Waals surface area contributed by atoms with Gasteiger partial charge in [0.1, 0.15) is 22.5 Å². The quantitative estimate of drug-likeness (QED) is 0.448. The molecule has 0 saturated carbocycles. The van der Waals surface area contributed by atoms with Crippen LogP contribution in [0.4, 0.5) is 11.8 Å². The molecule has 9 nitrogen and oxygen atoms in total. The van der Waals surface area contributed by atoms with Gasteiger partial charge in [-0.1, -0.05) is 31.6 Å². The summed E-state index contributed by atoms with van der Waals surface area (Å²) in [5.74, 6) is 1.56. The number of unbranched alkanes of at least 4 members (excludes halogenated alkanes) is 1. The van der Waals surface area contributed by atoms with Crippen molar-refractivity contribution in [3.8, 4) is 5.75 Å². The number of methoxy groups -OCH3 is 1. The molecule has 2 aromatic heterocycles. The first-order valence-electron chi connectivity index (χ1n) is 10.5. The van der Waals surface area contributed by atoms with Gasteiger partial charge in [0.2, 0.25) is 5.95 Å². The lowest BCUT2D eigenvalue weighted by atomic mass is 10.1. The molecule has 0 amide bonds. The molecule has 3 heterocycles. The van der Waals surface area contributed by atoms with Crippen molar-refractivity contribution in [2.45, 2.75) is 32.9 Å². The van der Waals surface area contributed by atoms with Crippen LogP contribution in [0.5, 0.6) is 5.75 Å². The molecule has 0 aliphatic carbocycles. The number of rotatable bonds is 9. The number of nitrogens with one attached hydrogen (secondary N) is 1. The summed E-state index contributed by atoms with van der Waals surface area (Å²) in [5.41, 5.74) is 11.0. The molecule has 0 atom stereocenters. The van der Waals surface area contributed by atoms with Crippen LogP contribution in [0, 0.1) is 0 Å². The van der Waals surface area contributed by atoms with Crippen LogP contribution in [0.2, 0.25) is 0 Å². The highest BCUT2D eigenvalue weighted by Crippen LogP contribution is 2.31. The number of anilines is 2. The fraction of sp³-hybridized carbons (Fsp3) is 0.409. The van der Waals surface area contributed by atoms with Crippen LogP contribution in [0.3, 0.4) is 0 Å². The molecule has 0 spiro atoms. The van der Waals surface area contributed by atoms with Crippen molar-refractivity contribution in [2.24, 2.45) is 0 Å². The summed E-state index contributed by atoms with van der Waals surface area (Å²) < 4.78 is 13.0. The topological polar surface area (TPSA) is 120 Å². The monoisotopic (exact) mass is 424 g/mol. The number of aliphatic hydroxyl groups excluding tert-OH is 1. The fourth-order valence-electron chi connectivity index (χ4n) is 3.67. The van der Waals surface area contributed by atoms with Gasteiger partial charge in [-0.3, -0.25) is 4.68 Å². The van der Waals surface area contributed by atoms with Gasteiger partial charge < -0.3 is 25.6 Å². The highest BCUT2D eigenvalue weighted by molar-refractivity contribution is 5.95. The lowest BCUT2D eigenvalue weighted by Crippen LogP contribution is -2.10. The Labute approximate surface area is 180 Å². The van der Waals surface area contributed by atoms with E-state index in [0.29, 0.717) is 36.8 Å². The molecule has 0 unspecified atom stereocenters. The van der Waals surface area contributed by atoms with Crippen molar-refractivity contribution in [2.75, 3.05) is 37.9 Å². The summed E-state index contributed by atoms with van der Waals surface area (Å²) in [4.78, 5) is 8.99. The SMILES string of the molecule is CCCCNc1nc(N)nc2c(C3=CCOC3)nn(Cc3ccc(CO)cc3OC)c12. The Bertz CT molecular complexity index is 1110. The van der Waals surface area contributed by atoms with Gasteiger partial charge in [0.15, 0.2) is 5.82 Å². The number of nitrogens with two attached hydrogens (primary N) is 1. The Hall–Kier alpha value is -3.17. The molecule has 4 rings (SSSR count). The van der Waals surface area contributed by atoms with Crippen molar-refractivity contribution < 1.29 is 14.6 Å². The minimum absolute atomic E-state index is 0.0434. The molecule has 31 heavy (non-hydrogen) atoms. The number of benzene rings is 1. The van der Waals surface area contributed by atoms with Crippen molar-refractivity contribution in [3.63, 3.8) is 0 Å². The molecule has 3 aromatic rings. The first-order valence-corrected chi connectivity index (χ1v) is 10.5. The number of aromatic nitrogens is 4. The molecule has 164 valence electrons. The van der Waals surface area contributed by atoms with Gasteiger partial charge in [0.25, 0.3) is 0 Å². The van der Waals surface area contributed by atoms with E-state index in [9.17, 15) is 5.11 Å². The number of hydrogen-bond acceptors (Lipinski definition) is 8. The molecule has 4 N–H and O–H groups in total. The standard InChI is InChI=1S/C22H28N6O3/c1-3-4-8-24-21-20-19(25-22(23)26-21)18(16-7-9-31-13-16)27-28(20)11-15-6-5-14(12-29)10-17(15)30-2/h5-7,10,29H,3-4,8-9,11-13H2,1-2H3,(H3,23,24,25,26). The Morgan fingerprint density at radius 3 is 2.90 bits per heavy atom. The van der Waals surface area contributed by atoms with Crippen molar-refractivity contribution in [1.82, 2.24) is 19.7 Å². The van der Waals surface area contributed by atoms with Crippen LogP contribution in [0.1, 0.15) is 36.6 Å². The Balaban J connectivity index is 1.83. The zero-order valence-electron chi connectivity index (χ0n) is 17.9. The van der Waals surface area contributed by atoms with Crippen LogP contribution in [-0.4, -0.2) is 51.7 Å². The van der Waals surface area contributed by atoms with Crippen LogP contribution in [0.15, 0.2) is 24.3 Å². The van der Waals surface area contributed by atoms with E-state index in [-0.39, 0.29) is 12.6 Å². The largest absolute Gasteiger partial charge is 0.496 e. The molecule has 9 heteroatoms. The van der Waals surface area contributed by atoms with Gasteiger partial charge in [-0.2, -0.15) is 10.1 Å². The van der Waals surface area contributed by atoms with Crippen molar-refractivity contribution in [3.05, 3.63) is 41.1 Å². The zero-order chi connectivity index (χ0) is 21.8. The Kier molecular flexibility index (Phi) is 6.34. The van der Waals surface area contributed by atoms with Gasteiger partial charge >= 0.3 is 0 Å². The average molecular weight is 425 g/mol. The summed E-state index contributed by atoms with van der Waals surface area (Å²) in [6.07, 6.45) is 4.10. The van der Waals surface area contributed by atoms with Gasteiger partial charge in [0, 0.05) is 17.7 Å². The lowest BCUT2D eigenvalue weighted by molar-refractivity contribution is 0.216. The summed E-state index contributed by atoms with van der Waals surface area (Å²) in [5, 5.41) is 17.7. The maximum atomic E-state index is 9.44. The van der Waals surface area contributed by atoms with E-state index in [1.807, 2.05) is 29.0 Å². The number of fused-ring (bicyclic) bond motifs is 1. The number of hydrogen-bond donors (Lipinski definition) is 3. The van der Waals surface area contributed by atoms with E-state index in [1.54, 1.807) is 7.11 Å². The van der Waals surface area contributed by atoms with E-state index >= 15 is 0 Å². The van der Waals surface area contributed by atoms with Crippen LogP contribution in [0.25, 0.3) is 16.6 Å².